The second-order valence-corrected chi connectivity index (χ2v) is 5.12. The van der Waals surface area contributed by atoms with Gasteiger partial charge in [0.2, 0.25) is 0 Å². The third-order valence-electron chi connectivity index (χ3n) is 3.41. The van der Waals surface area contributed by atoms with Gasteiger partial charge >= 0.3 is 0 Å². The molecular weight excluding hydrogens is 276 g/mol. The Balaban J connectivity index is 2.22. The fraction of sp³-hybridized carbons (Fsp3) is 0.158. The van der Waals surface area contributed by atoms with Crippen molar-refractivity contribution in [1.82, 2.24) is 0 Å². The predicted octanol–water partition coefficient (Wildman–Crippen LogP) is 4.19. The molecule has 22 heavy (non-hydrogen) atoms. The largest absolute Gasteiger partial charge is 0.507 e. The maximum atomic E-state index is 12.2. The van der Waals surface area contributed by atoms with Crippen LogP contribution in [0.1, 0.15) is 45.2 Å². The first-order chi connectivity index (χ1) is 10.5. The molecule has 2 rings (SSSR count). The van der Waals surface area contributed by atoms with Gasteiger partial charge in [-0.25, -0.2) is 0 Å². The van der Waals surface area contributed by atoms with E-state index in [4.69, 9.17) is 0 Å². The zero-order valence-corrected chi connectivity index (χ0v) is 12.7. The average molecular weight is 294 g/mol. The maximum Gasteiger partial charge on any atom is 0.185 e. The van der Waals surface area contributed by atoms with Crippen LogP contribution in [0.5, 0.6) is 5.75 Å². The molecule has 0 aliphatic carbocycles. The predicted molar refractivity (Wildman–Crippen MR) is 87.3 cm³/mol. The summed E-state index contributed by atoms with van der Waals surface area (Å²) in [6, 6.07) is 12.2. The van der Waals surface area contributed by atoms with E-state index in [1.807, 2.05) is 31.2 Å². The Labute approximate surface area is 129 Å². The smallest absolute Gasteiger partial charge is 0.185 e. The molecule has 0 atom stereocenters. The van der Waals surface area contributed by atoms with Gasteiger partial charge in [0.15, 0.2) is 11.6 Å². The molecule has 0 saturated carbocycles. The summed E-state index contributed by atoms with van der Waals surface area (Å²) in [5, 5.41) is 9.70. The van der Waals surface area contributed by atoms with Gasteiger partial charge in [0.1, 0.15) is 5.75 Å². The summed E-state index contributed by atoms with van der Waals surface area (Å²) in [5.74, 6) is -0.480. The topological polar surface area (TPSA) is 54.4 Å². The number of Topliss-reactive ketones (excluding diaryl/α,β-unsaturated/α-hetero) is 1. The van der Waals surface area contributed by atoms with Gasteiger partial charge in [0.25, 0.3) is 0 Å². The molecule has 0 aliphatic heterocycles. The first-order valence-corrected chi connectivity index (χ1v) is 7.16. The molecule has 0 fully saturated rings. The number of hydrogen-bond donors (Lipinski definition) is 1. The maximum absolute atomic E-state index is 12.2. The number of aryl methyl sites for hydroxylation is 1. The number of phenolic OH excluding ortho intramolecular Hbond substituents is 1. The van der Waals surface area contributed by atoms with Crippen LogP contribution in [0.2, 0.25) is 0 Å². The SMILES string of the molecule is CCC(=O)c1cc(C(=O)C=Cc2ccc(C)cc2)ccc1O. The number of rotatable bonds is 5. The summed E-state index contributed by atoms with van der Waals surface area (Å²) < 4.78 is 0. The van der Waals surface area contributed by atoms with E-state index in [-0.39, 0.29) is 29.3 Å². The van der Waals surface area contributed by atoms with Crippen molar-refractivity contribution in [3.05, 3.63) is 70.8 Å². The number of ketones is 2. The summed E-state index contributed by atoms with van der Waals surface area (Å²) in [7, 11) is 0. The molecule has 0 amide bonds. The van der Waals surface area contributed by atoms with Gasteiger partial charge < -0.3 is 5.11 Å². The molecule has 0 bridgehead atoms. The molecule has 0 heterocycles. The second-order valence-electron chi connectivity index (χ2n) is 5.12. The number of benzene rings is 2. The van der Waals surface area contributed by atoms with Crippen LogP contribution < -0.4 is 0 Å². The van der Waals surface area contributed by atoms with Crippen molar-refractivity contribution in [3.8, 4) is 5.75 Å². The molecule has 0 saturated heterocycles. The summed E-state index contributed by atoms with van der Waals surface area (Å²) in [6.45, 7) is 3.72. The lowest BCUT2D eigenvalue weighted by Crippen LogP contribution is -2.01. The zero-order valence-electron chi connectivity index (χ0n) is 12.7. The summed E-state index contributed by atoms with van der Waals surface area (Å²) in [4.78, 5) is 23.9. The highest BCUT2D eigenvalue weighted by atomic mass is 16.3. The molecule has 0 aromatic heterocycles. The molecule has 0 spiro atoms. The van der Waals surface area contributed by atoms with E-state index in [2.05, 4.69) is 0 Å². The molecule has 0 unspecified atom stereocenters. The number of hydrogen-bond acceptors (Lipinski definition) is 3. The number of allylic oxidation sites excluding steroid dienone is 1. The highest BCUT2D eigenvalue weighted by Gasteiger charge is 2.12. The zero-order chi connectivity index (χ0) is 16.1. The minimum absolute atomic E-state index is 0.0917. The minimum atomic E-state index is -0.203. The molecule has 3 nitrogen and oxygen atoms in total. The quantitative estimate of drug-likeness (QED) is 0.664. The van der Waals surface area contributed by atoms with E-state index in [1.54, 1.807) is 13.0 Å². The Bertz CT molecular complexity index is 725. The second kappa shape index (κ2) is 6.85. The van der Waals surface area contributed by atoms with Crippen molar-refractivity contribution < 1.29 is 14.7 Å². The van der Waals surface area contributed by atoms with Crippen molar-refractivity contribution in [1.29, 1.82) is 0 Å². The van der Waals surface area contributed by atoms with Crippen LogP contribution in [-0.4, -0.2) is 16.7 Å². The Morgan fingerprint density at radius 2 is 1.77 bits per heavy atom. The van der Waals surface area contributed by atoms with Gasteiger partial charge in [0.05, 0.1) is 5.56 Å². The van der Waals surface area contributed by atoms with Crippen molar-refractivity contribution in [2.75, 3.05) is 0 Å². The van der Waals surface area contributed by atoms with E-state index in [1.165, 1.54) is 24.3 Å². The molecule has 1 N–H and O–H groups in total. The lowest BCUT2D eigenvalue weighted by molar-refractivity contribution is 0.0985. The summed E-state index contributed by atoms with van der Waals surface area (Å²) in [6.07, 6.45) is 3.48. The van der Waals surface area contributed by atoms with Crippen LogP contribution in [0.25, 0.3) is 6.08 Å². The van der Waals surface area contributed by atoms with E-state index in [9.17, 15) is 14.7 Å². The van der Waals surface area contributed by atoms with Crippen LogP contribution in [0, 0.1) is 6.92 Å². The third-order valence-corrected chi connectivity index (χ3v) is 3.41. The minimum Gasteiger partial charge on any atom is -0.507 e. The number of aromatic hydroxyl groups is 1. The van der Waals surface area contributed by atoms with Crippen LogP contribution in [0.4, 0.5) is 0 Å². The Kier molecular flexibility index (Phi) is 4.89. The number of carbonyl (C=O) groups excluding carboxylic acids is 2. The van der Waals surface area contributed by atoms with Crippen molar-refractivity contribution in [2.24, 2.45) is 0 Å². The van der Waals surface area contributed by atoms with E-state index < -0.39 is 0 Å². The number of phenols is 1. The first kappa shape index (κ1) is 15.7. The standard InChI is InChI=1S/C19H18O3/c1-3-17(20)16-12-15(9-11-19(16)22)18(21)10-8-14-6-4-13(2)5-7-14/h4-12,22H,3H2,1-2H3. The molecule has 3 heteroatoms. The molecule has 2 aromatic rings. The van der Waals surface area contributed by atoms with Crippen molar-refractivity contribution >= 4 is 17.6 Å². The summed E-state index contributed by atoms with van der Waals surface area (Å²) in [5.41, 5.74) is 2.67. The lowest BCUT2D eigenvalue weighted by atomic mass is 10.0. The van der Waals surface area contributed by atoms with Crippen LogP contribution in [-0.2, 0) is 0 Å². The summed E-state index contributed by atoms with van der Waals surface area (Å²) >= 11 is 0. The van der Waals surface area contributed by atoms with Crippen LogP contribution >= 0.6 is 0 Å². The van der Waals surface area contributed by atoms with Gasteiger partial charge in [0, 0.05) is 12.0 Å². The van der Waals surface area contributed by atoms with Crippen LogP contribution in [0.15, 0.2) is 48.5 Å². The van der Waals surface area contributed by atoms with Crippen LogP contribution in [0.3, 0.4) is 0 Å². The fourth-order valence-corrected chi connectivity index (χ4v) is 2.05. The van der Waals surface area contributed by atoms with E-state index in [0.29, 0.717) is 5.56 Å². The van der Waals surface area contributed by atoms with Gasteiger partial charge in [-0.05, 0) is 36.8 Å². The molecule has 2 aromatic carbocycles. The lowest BCUT2D eigenvalue weighted by Gasteiger charge is -2.04. The van der Waals surface area contributed by atoms with Gasteiger partial charge in [-0.2, -0.15) is 0 Å². The van der Waals surface area contributed by atoms with Gasteiger partial charge in [-0.3, -0.25) is 9.59 Å². The Morgan fingerprint density at radius 1 is 1.09 bits per heavy atom. The monoisotopic (exact) mass is 294 g/mol. The Morgan fingerprint density at radius 3 is 2.41 bits per heavy atom. The van der Waals surface area contributed by atoms with E-state index in [0.717, 1.165) is 11.1 Å². The van der Waals surface area contributed by atoms with Crippen molar-refractivity contribution in [2.45, 2.75) is 20.3 Å². The molecule has 0 radical (unpaired) electrons. The highest BCUT2D eigenvalue weighted by Crippen LogP contribution is 2.21. The highest BCUT2D eigenvalue weighted by molar-refractivity contribution is 6.09. The fourth-order valence-electron chi connectivity index (χ4n) is 2.05. The normalized spacial score (nSPS) is 10.8. The van der Waals surface area contributed by atoms with Crippen molar-refractivity contribution in [3.63, 3.8) is 0 Å². The molecular formula is C19H18O3. The number of carbonyl (C=O) groups is 2. The van der Waals surface area contributed by atoms with Gasteiger partial charge in [-0.15, -0.1) is 0 Å². The van der Waals surface area contributed by atoms with E-state index >= 15 is 0 Å². The third kappa shape index (κ3) is 3.70. The molecule has 112 valence electrons. The van der Waals surface area contributed by atoms with Gasteiger partial charge in [-0.1, -0.05) is 42.8 Å². The first-order valence-electron chi connectivity index (χ1n) is 7.16. The molecule has 0 aliphatic rings. The average Bonchev–Trinajstić information content (AvgIpc) is 2.53. The Hall–Kier alpha value is -2.68.